The third-order valence-electron chi connectivity index (χ3n) is 5.52. The van der Waals surface area contributed by atoms with Gasteiger partial charge in [0.25, 0.3) is 10.0 Å². The summed E-state index contributed by atoms with van der Waals surface area (Å²) in [4.78, 5) is 0.0149. The van der Waals surface area contributed by atoms with Crippen LogP contribution in [0.1, 0.15) is 11.1 Å². The van der Waals surface area contributed by atoms with Crippen LogP contribution in [0.2, 0.25) is 0 Å². The summed E-state index contributed by atoms with van der Waals surface area (Å²) in [6.07, 6.45) is 1.05. The maximum Gasteiger partial charge on any atom is 0.253 e. The van der Waals surface area contributed by atoms with E-state index in [1.807, 2.05) is 6.07 Å². The van der Waals surface area contributed by atoms with Gasteiger partial charge in [-0.1, -0.05) is 66.7 Å². The lowest BCUT2D eigenvalue weighted by Gasteiger charge is -2.23. The Morgan fingerprint density at radius 1 is 0.806 bits per heavy atom. The smallest absolute Gasteiger partial charge is 0.227 e. The molecule has 4 rings (SSSR count). The molecule has 0 N–H and O–H groups in total. The molecule has 7 nitrogen and oxygen atoms in total. The summed E-state index contributed by atoms with van der Waals surface area (Å²) in [5.74, 6) is 0. The SMILES string of the molecule is CS(=O)(=O)c1cc(-c2ccccc2[SH](=O)=O)ccc1CN(Cc1ccccc1)S(=O)(=O)c1cccs1. The number of sulfone groups is 1. The Kier molecular flexibility index (Phi) is 7.76. The molecule has 0 aliphatic carbocycles. The Morgan fingerprint density at radius 3 is 2.14 bits per heavy atom. The Bertz CT molecular complexity index is 1650. The lowest BCUT2D eigenvalue weighted by atomic mass is 10.0. The van der Waals surface area contributed by atoms with Crippen molar-refractivity contribution >= 4 is 41.9 Å². The average molecular weight is 562 g/mol. The van der Waals surface area contributed by atoms with E-state index in [9.17, 15) is 25.3 Å². The van der Waals surface area contributed by atoms with E-state index in [4.69, 9.17) is 0 Å². The van der Waals surface area contributed by atoms with Crippen molar-refractivity contribution in [3.05, 3.63) is 101 Å². The van der Waals surface area contributed by atoms with E-state index in [1.54, 1.807) is 66.0 Å². The van der Waals surface area contributed by atoms with Crippen molar-refractivity contribution in [2.45, 2.75) is 27.1 Å². The fourth-order valence-corrected chi connectivity index (χ4v) is 7.92. The first kappa shape index (κ1) is 26.2. The summed E-state index contributed by atoms with van der Waals surface area (Å²) < 4.78 is 77.4. The Labute approximate surface area is 216 Å². The zero-order valence-corrected chi connectivity index (χ0v) is 22.5. The van der Waals surface area contributed by atoms with Gasteiger partial charge in [0.15, 0.2) is 20.5 Å². The minimum absolute atomic E-state index is 0.0471. The Hall–Kier alpha value is -2.83. The van der Waals surface area contributed by atoms with Gasteiger partial charge >= 0.3 is 0 Å². The molecule has 188 valence electrons. The molecule has 0 bridgehead atoms. The van der Waals surface area contributed by atoms with Gasteiger partial charge in [-0.2, -0.15) is 4.31 Å². The standard InChI is InChI=1S/C25H23NO6S4/c1-35(29,30)24-16-20(22-10-5-6-11-23(22)34(27)28)13-14-21(24)18-26(17-19-8-3-2-4-9-19)36(31,32)25-12-7-15-33-25/h2-16,34H,17-18H2,1H3. The fraction of sp³-hybridized carbons (Fsp3) is 0.120. The fourth-order valence-electron chi connectivity index (χ4n) is 3.82. The van der Waals surface area contributed by atoms with Gasteiger partial charge in [0, 0.05) is 24.9 Å². The molecule has 11 heteroatoms. The number of nitrogens with zero attached hydrogens (tertiary/aromatic N) is 1. The van der Waals surface area contributed by atoms with Crippen LogP contribution in [-0.4, -0.2) is 35.8 Å². The van der Waals surface area contributed by atoms with Gasteiger partial charge in [0.05, 0.1) is 9.79 Å². The second-order valence-corrected chi connectivity index (χ2v) is 14.2. The van der Waals surface area contributed by atoms with Crippen LogP contribution in [0.4, 0.5) is 0 Å². The van der Waals surface area contributed by atoms with Gasteiger partial charge in [-0.25, -0.2) is 25.3 Å². The highest BCUT2D eigenvalue weighted by Crippen LogP contribution is 2.31. The minimum Gasteiger partial charge on any atom is -0.227 e. The van der Waals surface area contributed by atoms with Crippen molar-refractivity contribution in [1.82, 2.24) is 4.31 Å². The first-order valence-electron chi connectivity index (χ1n) is 10.7. The first-order valence-corrected chi connectivity index (χ1v) is 16.1. The van der Waals surface area contributed by atoms with Crippen molar-refractivity contribution in [2.75, 3.05) is 6.26 Å². The predicted octanol–water partition coefficient (Wildman–Crippen LogP) is 4.18. The van der Waals surface area contributed by atoms with Crippen LogP contribution in [0, 0.1) is 0 Å². The van der Waals surface area contributed by atoms with E-state index < -0.39 is 30.6 Å². The molecule has 36 heavy (non-hydrogen) atoms. The maximum absolute atomic E-state index is 13.5. The van der Waals surface area contributed by atoms with Crippen molar-refractivity contribution in [2.24, 2.45) is 0 Å². The molecule has 1 heterocycles. The second kappa shape index (κ2) is 10.7. The van der Waals surface area contributed by atoms with E-state index >= 15 is 0 Å². The predicted molar refractivity (Wildman–Crippen MR) is 141 cm³/mol. The number of sulfonamides is 1. The molecule has 0 atom stereocenters. The molecule has 0 unspecified atom stereocenters. The van der Waals surface area contributed by atoms with Crippen molar-refractivity contribution < 1.29 is 25.3 Å². The molecule has 0 amide bonds. The molecule has 0 aliphatic heterocycles. The molecule has 0 saturated heterocycles. The zero-order valence-electron chi connectivity index (χ0n) is 19.1. The third kappa shape index (κ3) is 5.76. The highest BCUT2D eigenvalue weighted by molar-refractivity contribution is 7.91. The van der Waals surface area contributed by atoms with Crippen LogP contribution < -0.4 is 0 Å². The summed E-state index contributed by atoms with van der Waals surface area (Å²) in [6, 6.07) is 23.1. The van der Waals surface area contributed by atoms with E-state index in [2.05, 4.69) is 0 Å². The van der Waals surface area contributed by atoms with Gasteiger partial charge in [-0.15, -0.1) is 11.3 Å². The molecule has 4 aromatic rings. The second-order valence-electron chi connectivity index (χ2n) is 8.06. The van der Waals surface area contributed by atoms with Crippen LogP contribution in [0.25, 0.3) is 11.1 Å². The summed E-state index contributed by atoms with van der Waals surface area (Å²) in [7, 11) is -10.6. The molecule has 0 saturated carbocycles. The third-order valence-corrected chi connectivity index (χ3v) is 10.6. The quantitative estimate of drug-likeness (QED) is 0.308. The summed E-state index contributed by atoms with van der Waals surface area (Å²) in [5, 5.41) is 1.67. The van der Waals surface area contributed by atoms with Crippen LogP contribution in [-0.2, 0) is 43.7 Å². The van der Waals surface area contributed by atoms with Gasteiger partial charge in [-0.3, -0.25) is 0 Å². The van der Waals surface area contributed by atoms with Gasteiger partial charge in [0.2, 0.25) is 0 Å². The molecule has 0 radical (unpaired) electrons. The lowest BCUT2D eigenvalue weighted by Crippen LogP contribution is -2.30. The number of thiophene rings is 1. The Balaban J connectivity index is 1.82. The summed E-state index contributed by atoms with van der Waals surface area (Å²) >= 11 is 1.09. The highest BCUT2D eigenvalue weighted by atomic mass is 32.2. The molecule has 3 aromatic carbocycles. The van der Waals surface area contributed by atoms with Gasteiger partial charge in [-0.05, 0) is 40.3 Å². The highest BCUT2D eigenvalue weighted by Gasteiger charge is 2.28. The largest absolute Gasteiger partial charge is 0.253 e. The molecule has 0 aliphatic rings. The van der Waals surface area contributed by atoms with Crippen LogP contribution in [0.15, 0.2) is 104 Å². The Morgan fingerprint density at radius 2 is 1.50 bits per heavy atom. The molecular formula is C25H23NO6S4. The first-order chi connectivity index (χ1) is 17.1. The number of thiol groups is 1. The number of rotatable bonds is 9. The molecular weight excluding hydrogens is 539 g/mol. The van der Waals surface area contributed by atoms with E-state index in [1.165, 1.54) is 22.5 Å². The monoisotopic (exact) mass is 561 g/mol. The van der Waals surface area contributed by atoms with Crippen LogP contribution in [0.5, 0.6) is 0 Å². The topological polar surface area (TPSA) is 106 Å². The molecule has 0 spiro atoms. The van der Waals surface area contributed by atoms with Crippen LogP contribution >= 0.6 is 11.3 Å². The number of hydrogen-bond acceptors (Lipinski definition) is 7. The summed E-state index contributed by atoms with van der Waals surface area (Å²) in [5.41, 5.74) is 1.83. The van der Waals surface area contributed by atoms with Gasteiger partial charge < -0.3 is 0 Å². The number of benzene rings is 3. The maximum atomic E-state index is 13.5. The molecule has 0 fully saturated rings. The zero-order chi connectivity index (χ0) is 25.9. The van der Waals surface area contributed by atoms with Crippen LogP contribution in [0.3, 0.4) is 0 Å². The van der Waals surface area contributed by atoms with Crippen molar-refractivity contribution in [3.63, 3.8) is 0 Å². The van der Waals surface area contributed by atoms with Crippen molar-refractivity contribution in [1.29, 1.82) is 0 Å². The van der Waals surface area contributed by atoms with E-state index in [0.717, 1.165) is 23.2 Å². The summed E-state index contributed by atoms with van der Waals surface area (Å²) in [6.45, 7) is -0.138. The minimum atomic E-state index is -3.92. The van der Waals surface area contributed by atoms with Crippen molar-refractivity contribution in [3.8, 4) is 11.1 Å². The lowest BCUT2D eigenvalue weighted by molar-refractivity contribution is 0.399. The van der Waals surface area contributed by atoms with Gasteiger partial charge in [0.1, 0.15) is 4.21 Å². The average Bonchev–Trinajstić information content (AvgIpc) is 3.40. The molecule has 1 aromatic heterocycles. The normalized spacial score (nSPS) is 12.3. The number of hydrogen-bond donors (Lipinski definition) is 1. The van der Waals surface area contributed by atoms with E-state index in [0.29, 0.717) is 16.7 Å². The van der Waals surface area contributed by atoms with E-state index in [-0.39, 0.29) is 27.1 Å².